The average Bonchev–Trinajstić information content (AvgIpc) is 2.38. The standard InChI is InChI=1S/C10H20O7PS/c1-5-16-9(11)7-8(10(12)17-6-2)19-18(13,14-3)15-4/h8,13H,5-7H2,1-4H3/q+1. The van der Waals surface area contributed by atoms with Crippen LogP contribution >= 0.6 is 18.5 Å². The molecule has 0 aromatic carbocycles. The highest BCUT2D eigenvalue weighted by atomic mass is 32.7. The molecule has 7 nitrogen and oxygen atoms in total. The van der Waals surface area contributed by atoms with E-state index < -0.39 is 24.3 Å². The van der Waals surface area contributed by atoms with Crippen molar-refractivity contribution in [3.8, 4) is 0 Å². The predicted octanol–water partition coefficient (Wildman–Crippen LogP) is 1.57. The molecule has 1 unspecified atom stereocenters. The minimum absolute atomic E-state index is 0.176. The first-order valence-corrected chi connectivity index (χ1v) is 8.72. The van der Waals surface area contributed by atoms with Gasteiger partial charge >= 0.3 is 19.1 Å². The zero-order valence-electron chi connectivity index (χ0n) is 11.5. The van der Waals surface area contributed by atoms with Crippen LogP contribution in [0, 0.1) is 0 Å². The lowest BCUT2D eigenvalue weighted by atomic mass is 10.3. The zero-order valence-corrected chi connectivity index (χ0v) is 13.2. The second kappa shape index (κ2) is 9.50. The lowest BCUT2D eigenvalue weighted by Gasteiger charge is -2.16. The average molecular weight is 315 g/mol. The van der Waals surface area contributed by atoms with Gasteiger partial charge in [0.25, 0.3) is 0 Å². The molecule has 112 valence electrons. The second-order valence-corrected chi connectivity index (χ2v) is 7.65. The van der Waals surface area contributed by atoms with Gasteiger partial charge in [-0.1, -0.05) is 0 Å². The normalized spacial score (nSPS) is 12.9. The summed E-state index contributed by atoms with van der Waals surface area (Å²) in [5.41, 5.74) is 0. The Morgan fingerprint density at radius 2 is 1.68 bits per heavy atom. The predicted molar refractivity (Wildman–Crippen MR) is 72.4 cm³/mol. The van der Waals surface area contributed by atoms with Crippen molar-refractivity contribution in [2.24, 2.45) is 0 Å². The third-order valence-electron chi connectivity index (χ3n) is 1.93. The summed E-state index contributed by atoms with van der Waals surface area (Å²) in [5.74, 6) is -1.17. The van der Waals surface area contributed by atoms with Crippen LogP contribution in [-0.4, -0.2) is 49.5 Å². The van der Waals surface area contributed by atoms with Gasteiger partial charge in [-0.15, -0.1) is 0 Å². The maximum Gasteiger partial charge on any atom is 0.478 e. The van der Waals surface area contributed by atoms with Crippen LogP contribution in [0.3, 0.4) is 0 Å². The van der Waals surface area contributed by atoms with E-state index in [1.807, 2.05) is 0 Å². The molecule has 9 heteroatoms. The van der Waals surface area contributed by atoms with Crippen LogP contribution in [0.15, 0.2) is 0 Å². The van der Waals surface area contributed by atoms with E-state index in [1.165, 1.54) is 14.2 Å². The molecule has 0 aromatic rings. The molecule has 0 aromatic heterocycles. The van der Waals surface area contributed by atoms with Gasteiger partial charge in [0, 0.05) is 0 Å². The Balaban J connectivity index is 4.76. The van der Waals surface area contributed by atoms with Crippen molar-refractivity contribution in [2.45, 2.75) is 25.5 Å². The Hall–Kier alpha value is -0.400. The van der Waals surface area contributed by atoms with E-state index in [0.29, 0.717) is 0 Å². The van der Waals surface area contributed by atoms with Crippen LogP contribution in [0.2, 0.25) is 0 Å². The Labute approximate surface area is 117 Å². The van der Waals surface area contributed by atoms with Crippen LogP contribution in [0.25, 0.3) is 0 Å². The third-order valence-corrected chi connectivity index (χ3v) is 6.19. The summed E-state index contributed by atoms with van der Waals surface area (Å²) in [6.07, 6.45) is -0.216. The summed E-state index contributed by atoms with van der Waals surface area (Å²) in [7, 11) is -0.710. The van der Waals surface area contributed by atoms with Gasteiger partial charge in [0.1, 0.15) is 11.4 Å². The molecule has 0 bridgehead atoms. The third kappa shape index (κ3) is 7.08. The van der Waals surface area contributed by atoms with Gasteiger partial charge < -0.3 is 9.47 Å². The Bertz CT molecular complexity index is 296. The smallest absolute Gasteiger partial charge is 0.466 e. The molecule has 0 amide bonds. The molecule has 1 N–H and O–H groups in total. The molecule has 19 heavy (non-hydrogen) atoms. The highest BCUT2D eigenvalue weighted by Crippen LogP contribution is 2.69. The summed E-state index contributed by atoms with van der Waals surface area (Å²) in [4.78, 5) is 33.1. The SMILES string of the molecule is CCOC(=O)CC(S[P+](O)(OC)OC)C(=O)OCC. The number of esters is 2. The first kappa shape index (κ1) is 18.6. The van der Waals surface area contributed by atoms with Gasteiger partial charge in [-0.3, -0.25) is 9.59 Å². The lowest BCUT2D eigenvalue weighted by molar-refractivity contribution is -0.149. The minimum atomic E-state index is -3.23. The maximum absolute atomic E-state index is 11.7. The molecule has 0 aliphatic carbocycles. The topological polar surface area (TPSA) is 91.3 Å². The number of hydrogen-bond donors (Lipinski definition) is 1. The highest BCUT2D eigenvalue weighted by molar-refractivity contribution is 8.58. The summed E-state index contributed by atoms with van der Waals surface area (Å²) in [6, 6.07) is 0. The molecule has 0 saturated carbocycles. The number of hydrogen-bond acceptors (Lipinski definition) is 8. The first-order chi connectivity index (χ1) is 8.92. The second-order valence-electron chi connectivity index (χ2n) is 3.19. The minimum Gasteiger partial charge on any atom is -0.466 e. The largest absolute Gasteiger partial charge is 0.478 e. The van der Waals surface area contributed by atoms with Gasteiger partial charge in [0.15, 0.2) is 5.25 Å². The summed E-state index contributed by atoms with van der Waals surface area (Å²) >= 11 is 0.741. The number of carbonyl (C=O) groups is 2. The van der Waals surface area contributed by atoms with Gasteiger partial charge in [0.05, 0.1) is 33.9 Å². The highest BCUT2D eigenvalue weighted by Gasteiger charge is 2.47. The molecule has 0 rings (SSSR count). The van der Waals surface area contributed by atoms with E-state index in [-0.39, 0.29) is 19.6 Å². The lowest BCUT2D eigenvalue weighted by Crippen LogP contribution is -2.25. The Morgan fingerprint density at radius 1 is 1.16 bits per heavy atom. The van der Waals surface area contributed by atoms with Gasteiger partial charge in [0.2, 0.25) is 0 Å². The van der Waals surface area contributed by atoms with Gasteiger partial charge in [-0.05, 0) is 13.8 Å². The number of rotatable bonds is 9. The van der Waals surface area contributed by atoms with Crippen LogP contribution in [0.5, 0.6) is 0 Å². The quantitative estimate of drug-likeness (QED) is 0.506. The molecule has 0 radical (unpaired) electrons. The van der Waals surface area contributed by atoms with Crippen molar-refractivity contribution >= 4 is 30.5 Å². The van der Waals surface area contributed by atoms with E-state index >= 15 is 0 Å². The first-order valence-electron chi connectivity index (χ1n) is 5.66. The van der Waals surface area contributed by atoms with E-state index in [2.05, 4.69) is 0 Å². The maximum atomic E-state index is 11.7. The number of ether oxygens (including phenoxy) is 2. The molecule has 0 saturated heterocycles. The molecule has 1 atom stereocenters. The molecule has 0 fully saturated rings. The molecule has 0 aliphatic heterocycles. The Kier molecular flexibility index (Phi) is 9.30. The van der Waals surface area contributed by atoms with E-state index in [0.717, 1.165) is 11.4 Å². The van der Waals surface area contributed by atoms with Crippen molar-refractivity contribution in [2.75, 3.05) is 27.4 Å². The fraction of sp³-hybridized carbons (Fsp3) is 0.800. The van der Waals surface area contributed by atoms with Crippen LogP contribution in [0.1, 0.15) is 20.3 Å². The summed E-state index contributed by atoms with van der Waals surface area (Å²) in [6.45, 7) is 3.71. The Morgan fingerprint density at radius 3 is 2.11 bits per heavy atom. The summed E-state index contributed by atoms with van der Waals surface area (Å²) < 4.78 is 19.3. The van der Waals surface area contributed by atoms with Crippen molar-refractivity contribution in [3.05, 3.63) is 0 Å². The number of carbonyl (C=O) groups excluding carboxylic acids is 2. The fourth-order valence-corrected chi connectivity index (χ4v) is 4.06. The molecular formula is C10H20O7PS+. The van der Waals surface area contributed by atoms with Crippen molar-refractivity contribution in [1.82, 2.24) is 0 Å². The molecule has 0 heterocycles. The zero-order chi connectivity index (χ0) is 14.9. The van der Waals surface area contributed by atoms with Crippen molar-refractivity contribution in [1.29, 1.82) is 0 Å². The van der Waals surface area contributed by atoms with Crippen LogP contribution in [0.4, 0.5) is 0 Å². The molecule has 0 aliphatic rings. The fourth-order valence-electron chi connectivity index (χ4n) is 1.09. The van der Waals surface area contributed by atoms with Crippen molar-refractivity contribution in [3.63, 3.8) is 0 Å². The summed E-state index contributed by atoms with van der Waals surface area (Å²) in [5, 5.41) is -0.933. The van der Waals surface area contributed by atoms with Crippen LogP contribution < -0.4 is 0 Å². The van der Waals surface area contributed by atoms with Gasteiger partial charge in [-0.2, -0.15) is 13.9 Å². The molecule has 0 spiro atoms. The van der Waals surface area contributed by atoms with Gasteiger partial charge in [-0.25, -0.2) is 0 Å². The van der Waals surface area contributed by atoms with E-state index in [4.69, 9.17) is 18.5 Å². The monoisotopic (exact) mass is 315 g/mol. The van der Waals surface area contributed by atoms with E-state index in [1.54, 1.807) is 13.8 Å². The van der Waals surface area contributed by atoms with Crippen molar-refractivity contribution < 1.29 is 33.0 Å². The van der Waals surface area contributed by atoms with E-state index in [9.17, 15) is 14.5 Å². The molecular weight excluding hydrogens is 295 g/mol. The van der Waals surface area contributed by atoms with Crippen LogP contribution in [-0.2, 0) is 28.1 Å².